The Morgan fingerprint density at radius 2 is 1.70 bits per heavy atom. The smallest absolute Gasteiger partial charge is 0.256 e. The second kappa shape index (κ2) is 10.4. The van der Waals surface area contributed by atoms with Gasteiger partial charge in [0, 0.05) is 29.3 Å². The Labute approximate surface area is 219 Å². The van der Waals surface area contributed by atoms with Crippen molar-refractivity contribution in [2.24, 2.45) is 5.73 Å². The molecule has 3 aromatic carbocycles. The minimum absolute atomic E-state index is 0.0286. The Morgan fingerprint density at radius 3 is 2.35 bits per heavy atom. The van der Waals surface area contributed by atoms with Crippen LogP contribution in [0.1, 0.15) is 20.7 Å². The van der Waals surface area contributed by atoms with Crippen molar-refractivity contribution in [2.45, 2.75) is 4.90 Å². The van der Waals surface area contributed by atoms with Gasteiger partial charge in [0.05, 0.1) is 28.3 Å². The number of nitrogens with two attached hydrogens (primary N) is 1. The predicted octanol–water partition coefficient (Wildman–Crippen LogP) is 4.83. The quantitative estimate of drug-likeness (QED) is 0.348. The molecule has 2 amide bonds. The third-order valence-corrected chi connectivity index (χ3v) is 7.05. The van der Waals surface area contributed by atoms with Crippen molar-refractivity contribution < 1.29 is 22.7 Å². The van der Waals surface area contributed by atoms with E-state index < -0.39 is 21.7 Å². The molecule has 8 nitrogen and oxygen atoms in total. The second-order valence-electron chi connectivity index (χ2n) is 8.12. The number of benzene rings is 3. The van der Waals surface area contributed by atoms with Crippen LogP contribution in [0.2, 0.25) is 5.02 Å². The zero-order valence-electron chi connectivity index (χ0n) is 19.9. The molecule has 3 N–H and O–H groups in total. The highest BCUT2D eigenvalue weighted by molar-refractivity contribution is 7.90. The highest BCUT2D eigenvalue weighted by Gasteiger charge is 2.20. The van der Waals surface area contributed by atoms with Gasteiger partial charge < -0.3 is 15.8 Å². The van der Waals surface area contributed by atoms with Crippen molar-refractivity contribution in [1.29, 1.82) is 0 Å². The molecule has 0 unspecified atom stereocenters. The van der Waals surface area contributed by atoms with Gasteiger partial charge in [-0.1, -0.05) is 23.7 Å². The molecule has 1 aromatic heterocycles. The molecule has 0 saturated carbocycles. The number of nitrogens with zero attached hydrogens (tertiary/aromatic N) is 1. The molecular weight excluding hydrogens is 514 g/mol. The summed E-state index contributed by atoms with van der Waals surface area (Å²) < 4.78 is 29.8. The number of ether oxygens (including phenoxy) is 1. The molecule has 188 valence electrons. The molecule has 0 radical (unpaired) electrons. The minimum Gasteiger partial charge on any atom is -0.496 e. The monoisotopic (exact) mass is 535 g/mol. The molecule has 0 aliphatic rings. The number of halogens is 1. The molecule has 0 fully saturated rings. The number of carbonyl (C=O) groups is 2. The number of primary amides is 1. The summed E-state index contributed by atoms with van der Waals surface area (Å²) in [6.45, 7) is 0. The first-order valence-electron chi connectivity index (χ1n) is 10.9. The number of hydrogen-bond donors (Lipinski definition) is 2. The van der Waals surface area contributed by atoms with Gasteiger partial charge in [0.1, 0.15) is 5.75 Å². The predicted molar refractivity (Wildman–Crippen MR) is 143 cm³/mol. The van der Waals surface area contributed by atoms with Crippen LogP contribution in [0.15, 0.2) is 83.9 Å². The first-order valence-corrected chi connectivity index (χ1v) is 13.2. The Morgan fingerprint density at radius 1 is 0.946 bits per heavy atom. The largest absolute Gasteiger partial charge is 0.496 e. The lowest BCUT2D eigenvalue weighted by Crippen LogP contribution is -2.14. The summed E-state index contributed by atoms with van der Waals surface area (Å²) in [4.78, 5) is 29.5. The molecule has 4 aromatic rings. The maximum atomic E-state index is 13.4. The Hall–Kier alpha value is -4.21. The molecule has 4 rings (SSSR count). The van der Waals surface area contributed by atoms with Crippen LogP contribution >= 0.6 is 11.6 Å². The van der Waals surface area contributed by atoms with Crippen LogP contribution in [0.4, 0.5) is 5.69 Å². The Balaban J connectivity index is 1.78. The molecule has 0 aliphatic heterocycles. The third-order valence-electron chi connectivity index (χ3n) is 5.61. The van der Waals surface area contributed by atoms with E-state index in [9.17, 15) is 18.0 Å². The molecule has 10 heteroatoms. The van der Waals surface area contributed by atoms with Gasteiger partial charge in [-0.3, -0.25) is 14.6 Å². The number of hydrogen-bond acceptors (Lipinski definition) is 6. The number of rotatable bonds is 7. The molecule has 0 saturated heterocycles. The van der Waals surface area contributed by atoms with Gasteiger partial charge in [0.25, 0.3) is 11.8 Å². The van der Waals surface area contributed by atoms with Crippen molar-refractivity contribution in [3.63, 3.8) is 0 Å². The van der Waals surface area contributed by atoms with Crippen LogP contribution in [0.3, 0.4) is 0 Å². The number of sulfone groups is 1. The van der Waals surface area contributed by atoms with E-state index in [1.165, 1.54) is 37.4 Å². The van der Waals surface area contributed by atoms with Crippen molar-refractivity contribution in [2.75, 3.05) is 18.7 Å². The maximum Gasteiger partial charge on any atom is 0.256 e. The van der Waals surface area contributed by atoms with Crippen LogP contribution in [-0.2, 0) is 9.84 Å². The van der Waals surface area contributed by atoms with E-state index in [1.807, 2.05) is 6.07 Å². The number of amides is 2. The van der Waals surface area contributed by atoms with Gasteiger partial charge in [0.2, 0.25) is 0 Å². The summed E-state index contributed by atoms with van der Waals surface area (Å²) in [5, 5.41) is 3.31. The summed E-state index contributed by atoms with van der Waals surface area (Å²) in [6.07, 6.45) is 2.72. The summed E-state index contributed by atoms with van der Waals surface area (Å²) >= 11 is 6.36. The van der Waals surface area contributed by atoms with Crippen LogP contribution < -0.4 is 15.8 Å². The van der Waals surface area contributed by atoms with E-state index in [0.717, 1.165) is 6.26 Å². The van der Waals surface area contributed by atoms with E-state index in [1.54, 1.807) is 42.6 Å². The number of methoxy groups -OCH3 is 1. The van der Waals surface area contributed by atoms with E-state index in [2.05, 4.69) is 10.3 Å². The third kappa shape index (κ3) is 5.63. The second-order valence-corrected chi connectivity index (χ2v) is 10.5. The fourth-order valence-electron chi connectivity index (χ4n) is 3.77. The minimum atomic E-state index is -3.57. The standard InChI is InChI=1S/C27H22ClN3O5S/c1-36-25-13-16(6-9-20(25)26(29)32)21-15-18(37(2,34)35)8-10-19(21)27(33)31-17-7-11-23(28)22(14-17)24-5-3-4-12-30-24/h3-15H,1-2H3,(H2,29,32)(H,31,33). The van der Waals surface area contributed by atoms with Crippen LogP contribution in [0.5, 0.6) is 5.75 Å². The van der Waals surface area contributed by atoms with Crippen LogP contribution in [-0.4, -0.2) is 38.6 Å². The van der Waals surface area contributed by atoms with Crippen molar-refractivity contribution in [1.82, 2.24) is 4.98 Å². The van der Waals surface area contributed by atoms with Crippen molar-refractivity contribution >= 4 is 38.9 Å². The van der Waals surface area contributed by atoms with Gasteiger partial charge in [-0.25, -0.2) is 8.42 Å². The van der Waals surface area contributed by atoms with Crippen molar-refractivity contribution in [3.8, 4) is 28.1 Å². The molecule has 0 atom stereocenters. The lowest BCUT2D eigenvalue weighted by molar-refractivity contribution is 0.0994. The molecular formula is C27H22ClN3O5S. The molecule has 37 heavy (non-hydrogen) atoms. The lowest BCUT2D eigenvalue weighted by Gasteiger charge is -2.15. The number of aromatic nitrogens is 1. The average Bonchev–Trinajstić information content (AvgIpc) is 2.88. The normalized spacial score (nSPS) is 11.1. The molecule has 0 bridgehead atoms. The number of anilines is 1. The van der Waals surface area contributed by atoms with E-state index >= 15 is 0 Å². The SMILES string of the molecule is COc1cc(-c2cc(S(C)(=O)=O)ccc2C(=O)Nc2ccc(Cl)c(-c3ccccn3)c2)ccc1C(N)=O. The number of nitrogens with one attached hydrogen (secondary N) is 1. The summed E-state index contributed by atoms with van der Waals surface area (Å²) in [5.74, 6) is -0.973. The first-order chi connectivity index (χ1) is 17.6. The van der Waals surface area contributed by atoms with E-state index in [-0.39, 0.29) is 21.8 Å². The van der Waals surface area contributed by atoms with Gasteiger partial charge in [-0.15, -0.1) is 0 Å². The van der Waals surface area contributed by atoms with Crippen molar-refractivity contribution in [3.05, 3.63) is 95.1 Å². The Kier molecular flexibility index (Phi) is 7.28. The fraction of sp³-hybridized carbons (Fsp3) is 0.0741. The van der Waals surface area contributed by atoms with E-state index in [4.69, 9.17) is 22.1 Å². The summed E-state index contributed by atoms with van der Waals surface area (Å²) in [6, 6.07) is 19.2. The average molecular weight is 536 g/mol. The van der Waals surface area contributed by atoms with Gasteiger partial charge in [-0.05, 0) is 71.8 Å². The zero-order valence-corrected chi connectivity index (χ0v) is 21.4. The molecule has 0 aliphatic carbocycles. The topological polar surface area (TPSA) is 128 Å². The number of pyridine rings is 1. The summed E-state index contributed by atoms with van der Waals surface area (Å²) in [5.41, 5.74) is 8.31. The number of carbonyl (C=O) groups excluding carboxylic acids is 2. The van der Waals surface area contributed by atoms with Gasteiger partial charge in [0.15, 0.2) is 9.84 Å². The highest BCUT2D eigenvalue weighted by atomic mass is 35.5. The zero-order chi connectivity index (χ0) is 26.7. The molecule has 0 spiro atoms. The Bertz CT molecular complexity index is 1620. The fourth-order valence-corrected chi connectivity index (χ4v) is 4.63. The lowest BCUT2D eigenvalue weighted by atomic mass is 9.97. The first kappa shape index (κ1) is 25.9. The maximum absolute atomic E-state index is 13.4. The van der Waals surface area contributed by atoms with E-state index in [0.29, 0.717) is 33.1 Å². The van der Waals surface area contributed by atoms with Crippen LogP contribution in [0, 0.1) is 0 Å². The molecule has 1 heterocycles. The summed E-state index contributed by atoms with van der Waals surface area (Å²) in [7, 11) is -2.19. The van der Waals surface area contributed by atoms with Gasteiger partial charge in [-0.2, -0.15) is 0 Å². The highest BCUT2D eigenvalue weighted by Crippen LogP contribution is 2.33. The van der Waals surface area contributed by atoms with Crippen LogP contribution in [0.25, 0.3) is 22.4 Å². The van der Waals surface area contributed by atoms with Gasteiger partial charge >= 0.3 is 0 Å².